The van der Waals surface area contributed by atoms with E-state index in [9.17, 15) is 4.79 Å². The maximum Gasteiger partial charge on any atom is 0.320 e. The molecular formula is C9H15N3O2. The van der Waals surface area contributed by atoms with Gasteiger partial charge in [0.2, 0.25) is 0 Å². The first kappa shape index (κ1) is 10.7. The fourth-order valence-electron chi connectivity index (χ4n) is 1.44. The molecule has 1 aliphatic rings. The third kappa shape index (κ3) is 3.18. The molecule has 0 unspecified atom stereocenters. The lowest BCUT2D eigenvalue weighted by Gasteiger charge is -2.13. The number of carboxylic acid groups (broad SMARTS) is 1. The second-order valence-electron chi connectivity index (χ2n) is 3.24. The highest BCUT2D eigenvalue weighted by molar-refractivity contribution is 5.73. The number of nitrogens with one attached hydrogen (secondary N) is 1. The van der Waals surface area contributed by atoms with Gasteiger partial charge in [-0.05, 0) is 26.4 Å². The number of likely N-dealkylation sites (N-methyl/N-ethyl adjacent to an activating group) is 1. The van der Waals surface area contributed by atoms with Crippen LogP contribution in [0.4, 0.5) is 0 Å². The topological polar surface area (TPSA) is 69.2 Å². The lowest BCUT2D eigenvalue weighted by Crippen LogP contribution is -2.32. The van der Waals surface area contributed by atoms with Gasteiger partial charge in [0.1, 0.15) is 6.04 Å². The van der Waals surface area contributed by atoms with Gasteiger partial charge < -0.3 is 10.1 Å². The van der Waals surface area contributed by atoms with E-state index in [4.69, 9.17) is 5.11 Å². The summed E-state index contributed by atoms with van der Waals surface area (Å²) in [5, 5.41) is 8.54. The Labute approximate surface area is 82.8 Å². The second kappa shape index (κ2) is 5.39. The van der Waals surface area contributed by atoms with Crippen LogP contribution in [0.2, 0.25) is 0 Å². The molecule has 0 saturated carbocycles. The molecule has 2 N–H and O–H groups in total. The highest BCUT2D eigenvalue weighted by atomic mass is 16.4. The Morgan fingerprint density at radius 1 is 1.71 bits per heavy atom. The van der Waals surface area contributed by atoms with Crippen LogP contribution in [0.3, 0.4) is 0 Å². The Morgan fingerprint density at radius 3 is 2.71 bits per heavy atom. The van der Waals surface area contributed by atoms with E-state index in [0.717, 1.165) is 19.4 Å². The van der Waals surface area contributed by atoms with Gasteiger partial charge >= 0.3 is 5.97 Å². The molecule has 1 aromatic rings. The summed E-state index contributed by atoms with van der Waals surface area (Å²) in [7, 11) is 1.85. The SMILES string of the molecule is CN1CCC[C@H]1C(=O)O.c1c[nH]cn1. The summed E-state index contributed by atoms with van der Waals surface area (Å²) in [6.07, 6.45) is 6.92. The van der Waals surface area contributed by atoms with Gasteiger partial charge in [0.25, 0.3) is 0 Å². The molecule has 1 aliphatic heterocycles. The van der Waals surface area contributed by atoms with Gasteiger partial charge in [-0.2, -0.15) is 0 Å². The Kier molecular flexibility index (Phi) is 4.12. The van der Waals surface area contributed by atoms with E-state index < -0.39 is 5.97 Å². The number of carboxylic acids is 1. The van der Waals surface area contributed by atoms with Crippen molar-refractivity contribution in [1.82, 2.24) is 14.9 Å². The van der Waals surface area contributed by atoms with E-state index in [0.29, 0.717) is 0 Å². The van der Waals surface area contributed by atoms with Crippen molar-refractivity contribution in [3.63, 3.8) is 0 Å². The molecule has 0 aliphatic carbocycles. The number of carbonyl (C=O) groups is 1. The molecule has 0 bridgehead atoms. The first-order chi connectivity index (χ1) is 6.72. The van der Waals surface area contributed by atoms with Crippen LogP contribution >= 0.6 is 0 Å². The molecule has 78 valence electrons. The largest absolute Gasteiger partial charge is 0.480 e. The number of aromatic amines is 1. The molecule has 2 heterocycles. The number of rotatable bonds is 1. The van der Waals surface area contributed by atoms with Gasteiger partial charge in [0, 0.05) is 12.4 Å². The molecule has 0 amide bonds. The number of aliphatic carboxylic acids is 1. The normalized spacial score (nSPS) is 21.4. The van der Waals surface area contributed by atoms with Crippen LogP contribution in [0, 0.1) is 0 Å². The van der Waals surface area contributed by atoms with Gasteiger partial charge in [-0.3, -0.25) is 9.69 Å². The predicted molar refractivity (Wildman–Crippen MR) is 51.9 cm³/mol. The second-order valence-corrected chi connectivity index (χ2v) is 3.24. The molecule has 0 aromatic carbocycles. The predicted octanol–water partition coefficient (Wildman–Crippen LogP) is 0.575. The van der Waals surface area contributed by atoms with Crippen LogP contribution in [0.25, 0.3) is 0 Å². The van der Waals surface area contributed by atoms with Crippen LogP contribution in [0.5, 0.6) is 0 Å². The molecule has 1 atom stereocenters. The Morgan fingerprint density at radius 2 is 2.50 bits per heavy atom. The zero-order valence-corrected chi connectivity index (χ0v) is 8.18. The van der Waals surface area contributed by atoms with Gasteiger partial charge in [-0.15, -0.1) is 0 Å². The van der Waals surface area contributed by atoms with Crippen molar-refractivity contribution in [1.29, 1.82) is 0 Å². The highest BCUT2D eigenvalue weighted by Crippen LogP contribution is 2.13. The van der Waals surface area contributed by atoms with Gasteiger partial charge in [-0.1, -0.05) is 0 Å². The van der Waals surface area contributed by atoms with E-state index in [-0.39, 0.29) is 6.04 Å². The Hall–Kier alpha value is -1.36. The third-order valence-electron chi connectivity index (χ3n) is 2.21. The summed E-state index contributed by atoms with van der Waals surface area (Å²) < 4.78 is 0. The van der Waals surface area contributed by atoms with Gasteiger partial charge in [0.05, 0.1) is 6.33 Å². The van der Waals surface area contributed by atoms with Crippen molar-refractivity contribution in [2.45, 2.75) is 18.9 Å². The summed E-state index contributed by atoms with van der Waals surface area (Å²) in [6, 6.07) is -0.218. The number of aromatic nitrogens is 2. The summed E-state index contributed by atoms with van der Waals surface area (Å²) in [4.78, 5) is 18.7. The minimum Gasteiger partial charge on any atom is -0.480 e. The molecule has 0 spiro atoms. The lowest BCUT2D eigenvalue weighted by molar-refractivity contribution is -0.141. The number of likely N-dealkylation sites (tertiary alicyclic amines) is 1. The quantitative estimate of drug-likeness (QED) is 0.690. The zero-order valence-electron chi connectivity index (χ0n) is 8.18. The highest BCUT2D eigenvalue weighted by Gasteiger charge is 2.26. The summed E-state index contributed by atoms with van der Waals surface area (Å²) >= 11 is 0. The molecule has 14 heavy (non-hydrogen) atoms. The molecule has 0 radical (unpaired) electrons. The maximum atomic E-state index is 10.4. The van der Waals surface area contributed by atoms with Crippen LogP contribution < -0.4 is 0 Å². The molecule has 5 nitrogen and oxygen atoms in total. The minimum atomic E-state index is -0.685. The fourth-order valence-corrected chi connectivity index (χ4v) is 1.44. The van der Waals surface area contributed by atoms with Crippen molar-refractivity contribution in [3.05, 3.63) is 18.7 Å². The Balaban J connectivity index is 0.000000165. The summed E-state index contributed by atoms with van der Waals surface area (Å²) in [5.41, 5.74) is 0. The minimum absolute atomic E-state index is 0.218. The average molecular weight is 197 g/mol. The molecular weight excluding hydrogens is 182 g/mol. The van der Waals surface area contributed by atoms with Crippen LogP contribution in [0.1, 0.15) is 12.8 Å². The first-order valence-electron chi connectivity index (χ1n) is 4.57. The lowest BCUT2D eigenvalue weighted by atomic mass is 10.2. The molecule has 1 saturated heterocycles. The van der Waals surface area contributed by atoms with Crippen molar-refractivity contribution in [3.8, 4) is 0 Å². The number of hydrogen-bond acceptors (Lipinski definition) is 3. The van der Waals surface area contributed by atoms with Crippen molar-refractivity contribution < 1.29 is 9.90 Å². The number of nitrogens with zero attached hydrogens (tertiary/aromatic N) is 2. The van der Waals surface area contributed by atoms with E-state index in [2.05, 4.69) is 9.97 Å². The van der Waals surface area contributed by atoms with Gasteiger partial charge in [-0.25, -0.2) is 4.98 Å². The third-order valence-corrected chi connectivity index (χ3v) is 2.21. The average Bonchev–Trinajstić information content (AvgIpc) is 2.74. The number of imidazole rings is 1. The molecule has 1 fully saturated rings. The summed E-state index contributed by atoms with van der Waals surface area (Å²) in [6.45, 7) is 0.928. The smallest absolute Gasteiger partial charge is 0.320 e. The van der Waals surface area contributed by atoms with Crippen molar-refractivity contribution in [2.75, 3.05) is 13.6 Å². The molecule has 5 heteroatoms. The zero-order chi connectivity index (χ0) is 10.4. The molecule has 1 aromatic heterocycles. The maximum absolute atomic E-state index is 10.4. The van der Waals surface area contributed by atoms with E-state index in [1.165, 1.54) is 0 Å². The van der Waals surface area contributed by atoms with Crippen molar-refractivity contribution >= 4 is 5.97 Å². The van der Waals surface area contributed by atoms with E-state index in [1.54, 1.807) is 18.7 Å². The fraction of sp³-hybridized carbons (Fsp3) is 0.556. The van der Waals surface area contributed by atoms with E-state index in [1.807, 2.05) is 11.9 Å². The van der Waals surface area contributed by atoms with E-state index >= 15 is 0 Å². The molecule has 2 rings (SSSR count). The summed E-state index contributed by atoms with van der Waals surface area (Å²) in [5.74, 6) is -0.685. The van der Waals surface area contributed by atoms with Crippen LogP contribution in [-0.4, -0.2) is 45.6 Å². The monoisotopic (exact) mass is 197 g/mol. The number of H-pyrrole nitrogens is 1. The van der Waals surface area contributed by atoms with Gasteiger partial charge in [0.15, 0.2) is 0 Å². The van der Waals surface area contributed by atoms with Crippen molar-refractivity contribution in [2.24, 2.45) is 0 Å². The first-order valence-corrected chi connectivity index (χ1v) is 4.57. The standard InChI is InChI=1S/C6H11NO2.C3H4N2/c1-7-4-2-3-5(7)6(8)9;1-2-5-3-4-1/h5H,2-4H2,1H3,(H,8,9);1-3H,(H,4,5)/t5-;/m0./s1. The van der Waals surface area contributed by atoms with Crippen LogP contribution in [0.15, 0.2) is 18.7 Å². The number of hydrogen-bond donors (Lipinski definition) is 2. The van der Waals surface area contributed by atoms with Crippen LogP contribution in [-0.2, 0) is 4.79 Å². The Bertz CT molecular complexity index is 244.